The number of esters is 1. The molecule has 7 nitrogen and oxygen atoms in total. The van der Waals surface area contributed by atoms with Crippen molar-refractivity contribution in [2.75, 3.05) is 6.61 Å². The van der Waals surface area contributed by atoms with Gasteiger partial charge in [0.05, 0.1) is 12.7 Å². The van der Waals surface area contributed by atoms with Crippen molar-refractivity contribution >= 4 is 28.9 Å². The van der Waals surface area contributed by atoms with Gasteiger partial charge in [0.1, 0.15) is 5.58 Å². The summed E-state index contributed by atoms with van der Waals surface area (Å²) in [5.41, 5.74) is 2.44. The number of hydrogen-bond acceptors (Lipinski definition) is 5. The van der Waals surface area contributed by atoms with Crippen LogP contribution in [0.15, 0.2) is 28.9 Å². The number of urea groups is 1. The smallest absolute Gasteiger partial charge is 0.321 e. The molecule has 2 N–H and O–H groups in total. The molecule has 0 atom stereocenters. The molecular formula is C17H20N2O5. The van der Waals surface area contributed by atoms with Gasteiger partial charge in [-0.05, 0) is 32.4 Å². The van der Waals surface area contributed by atoms with Gasteiger partial charge in [-0.15, -0.1) is 0 Å². The number of amides is 3. The third kappa shape index (κ3) is 4.84. The zero-order valence-electron chi connectivity index (χ0n) is 13.8. The summed E-state index contributed by atoms with van der Waals surface area (Å²) in [6, 6.07) is 4.96. The van der Waals surface area contributed by atoms with Crippen molar-refractivity contribution in [1.29, 1.82) is 0 Å². The standard InChI is InChI=1S/C17H20N2O5/c1-10(2)18-17(22)19-15(20)9-24-16(21)7-12-8-23-14-6-11(3)4-5-13(12)14/h4-6,8,10H,7,9H2,1-3H3,(H2,18,19,20,22). The highest BCUT2D eigenvalue weighted by Gasteiger charge is 2.14. The zero-order chi connectivity index (χ0) is 17.7. The van der Waals surface area contributed by atoms with E-state index < -0.39 is 24.5 Å². The number of carbonyl (C=O) groups is 3. The lowest BCUT2D eigenvalue weighted by Gasteiger charge is -2.09. The fraction of sp³-hybridized carbons (Fsp3) is 0.353. The Morgan fingerprint density at radius 2 is 2.00 bits per heavy atom. The fourth-order valence-electron chi connectivity index (χ4n) is 2.14. The molecule has 0 saturated carbocycles. The number of rotatable bonds is 5. The average Bonchev–Trinajstić information content (AvgIpc) is 2.86. The Labute approximate surface area is 139 Å². The third-order valence-corrected chi connectivity index (χ3v) is 3.18. The van der Waals surface area contributed by atoms with E-state index in [4.69, 9.17) is 9.15 Å². The molecule has 3 amide bonds. The molecule has 0 saturated heterocycles. The van der Waals surface area contributed by atoms with Crippen LogP contribution in [0.3, 0.4) is 0 Å². The van der Waals surface area contributed by atoms with E-state index in [1.165, 1.54) is 6.26 Å². The van der Waals surface area contributed by atoms with E-state index in [1.54, 1.807) is 13.8 Å². The molecule has 1 heterocycles. The molecule has 1 aromatic heterocycles. The van der Waals surface area contributed by atoms with Crippen molar-refractivity contribution in [3.05, 3.63) is 35.6 Å². The number of aryl methyl sites for hydroxylation is 1. The predicted molar refractivity (Wildman–Crippen MR) is 87.4 cm³/mol. The van der Waals surface area contributed by atoms with Crippen molar-refractivity contribution in [2.24, 2.45) is 0 Å². The summed E-state index contributed by atoms with van der Waals surface area (Å²) in [5.74, 6) is -1.26. The van der Waals surface area contributed by atoms with Gasteiger partial charge in [-0.25, -0.2) is 4.79 Å². The zero-order valence-corrected chi connectivity index (χ0v) is 13.8. The lowest BCUT2D eigenvalue weighted by atomic mass is 10.1. The maximum atomic E-state index is 11.8. The van der Waals surface area contributed by atoms with Gasteiger partial charge < -0.3 is 14.5 Å². The van der Waals surface area contributed by atoms with Crippen LogP contribution >= 0.6 is 0 Å². The van der Waals surface area contributed by atoms with E-state index in [0.29, 0.717) is 11.1 Å². The molecule has 0 spiro atoms. The van der Waals surface area contributed by atoms with Gasteiger partial charge in [-0.3, -0.25) is 14.9 Å². The summed E-state index contributed by atoms with van der Waals surface area (Å²) >= 11 is 0. The van der Waals surface area contributed by atoms with E-state index in [2.05, 4.69) is 10.6 Å². The Bertz CT molecular complexity index is 763. The molecule has 0 fully saturated rings. The first-order valence-corrected chi connectivity index (χ1v) is 7.58. The first-order valence-electron chi connectivity index (χ1n) is 7.58. The van der Waals surface area contributed by atoms with Crippen molar-refractivity contribution in [1.82, 2.24) is 10.6 Å². The van der Waals surface area contributed by atoms with Crippen molar-refractivity contribution in [3.63, 3.8) is 0 Å². The van der Waals surface area contributed by atoms with Crippen LogP contribution in [0.2, 0.25) is 0 Å². The molecule has 7 heteroatoms. The van der Waals surface area contributed by atoms with Gasteiger partial charge in [0.2, 0.25) is 0 Å². The summed E-state index contributed by atoms with van der Waals surface area (Å²) in [6.07, 6.45) is 1.49. The number of hydrogen-bond donors (Lipinski definition) is 2. The molecule has 0 radical (unpaired) electrons. The second-order valence-corrected chi connectivity index (χ2v) is 5.77. The SMILES string of the molecule is Cc1ccc2c(CC(=O)OCC(=O)NC(=O)NC(C)C)coc2c1. The van der Waals surface area contributed by atoms with Crippen LogP contribution in [-0.4, -0.2) is 30.6 Å². The summed E-state index contributed by atoms with van der Waals surface area (Å²) in [6.45, 7) is 4.96. The maximum Gasteiger partial charge on any atom is 0.321 e. The van der Waals surface area contributed by atoms with Crippen LogP contribution < -0.4 is 10.6 Å². The lowest BCUT2D eigenvalue weighted by Crippen LogP contribution is -2.44. The largest absolute Gasteiger partial charge is 0.464 e. The van der Waals surface area contributed by atoms with Crippen molar-refractivity contribution < 1.29 is 23.5 Å². The van der Waals surface area contributed by atoms with E-state index in [-0.39, 0.29) is 12.5 Å². The molecule has 0 unspecified atom stereocenters. The number of imide groups is 1. The first kappa shape index (κ1) is 17.5. The topological polar surface area (TPSA) is 97.6 Å². The Balaban J connectivity index is 1.84. The predicted octanol–water partition coefficient (Wildman–Crippen LogP) is 2.06. The molecule has 1 aromatic carbocycles. The van der Waals surface area contributed by atoms with Gasteiger partial charge >= 0.3 is 12.0 Å². The minimum absolute atomic E-state index is 0.0124. The normalized spacial score (nSPS) is 10.7. The quantitative estimate of drug-likeness (QED) is 0.817. The van der Waals surface area contributed by atoms with Crippen LogP contribution in [0.25, 0.3) is 11.0 Å². The molecule has 0 aliphatic heterocycles. The molecule has 0 aliphatic rings. The van der Waals surface area contributed by atoms with Crippen LogP contribution in [0.4, 0.5) is 4.79 Å². The van der Waals surface area contributed by atoms with Gasteiger partial charge in [0, 0.05) is 17.0 Å². The summed E-state index contributed by atoms with van der Waals surface area (Å²) in [5, 5.41) is 5.41. The average molecular weight is 332 g/mol. The Kier molecular flexibility index (Phi) is 5.57. The molecule has 128 valence electrons. The van der Waals surface area contributed by atoms with E-state index in [1.807, 2.05) is 25.1 Å². The highest BCUT2D eigenvalue weighted by Crippen LogP contribution is 2.22. The number of nitrogens with one attached hydrogen (secondary N) is 2. The van der Waals surface area contributed by atoms with Gasteiger partial charge in [-0.1, -0.05) is 12.1 Å². The number of furan rings is 1. The van der Waals surface area contributed by atoms with Gasteiger partial charge in [-0.2, -0.15) is 0 Å². The number of benzene rings is 1. The van der Waals surface area contributed by atoms with Crippen LogP contribution in [0.1, 0.15) is 25.0 Å². The van der Waals surface area contributed by atoms with Crippen LogP contribution in [0.5, 0.6) is 0 Å². The fourth-order valence-corrected chi connectivity index (χ4v) is 2.14. The first-order chi connectivity index (χ1) is 11.3. The second-order valence-electron chi connectivity index (χ2n) is 5.77. The Morgan fingerprint density at radius 3 is 2.71 bits per heavy atom. The highest BCUT2D eigenvalue weighted by atomic mass is 16.5. The summed E-state index contributed by atoms with van der Waals surface area (Å²) in [7, 11) is 0. The van der Waals surface area contributed by atoms with E-state index in [0.717, 1.165) is 10.9 Å². The maximum absolute atomic E-state index is 11.8. The number of fused-ring (bicyclic) bond motifs is 1. The minimum Gasteiger partial charge on any atom is -0.464 e. The Hall–Kier alpha value is -2.83. The molecule has 2 aromatic rings. The molecule has 24 heavy (non-hydrogen) atoms. The minimum atomic E-state index is -0.686. The molecular weight excluding hydrogens is 312 g/mol. The number of ether oxygens (including phenoxy) is 1. The highest BCUT2D eigenvalue weighted by molar-refractivity contribution is 5.95. The Morgan fingerprint density at radius 1 is 1.25 bits per heavy atom. The van der Waals surface area contributed by atoms with Crippen LogP contribution in [-0.2, 0) is 20.7 Å². The van der Waals surface area contributed by atoms with E-state index >= 15 is 0 Å². The number of carbonyl (C=O) groups excluding carboxylic acids is 3. The van der Waals surface area contributed by atoms with Gasteiger partial charge in [0.15, 0.2) is 6.61 Å². The second kappa shape index (κ2) is 7.63. The molecule has 0 aliphatic carbocycles. The third-order valence-electron chi connectivity index (χ3n) is 3.18. The summed E-state index contributed by atoms with van der Waals surface area (Å²) < 4.78 is 10.3. The van der Waals surface area contributed by atoms with Crippen molar-refractivity contribution in [2.45, 2.75) is 33.2 Å². The summed E-state index contributed by atoms with van der Waals surface area (Å²) in [4.78, 5) is 34.7. The van der Waals surface area contributed by atoms with E-state index in [9.17, 15) is 14.4 Å². The monoisotopic (exact) mass is 332 g/mol. The molecule has 2 rings (SSSR count). The van der Waals surface area contributed by atoms with Gasteiger partial charge in [0.25, 0.3) is 5.91 Å². The van der Waals surface area contributed by atoms with Crippen molar-refractivity contribution in [3.8, 4) is 0 Å². The lowest BCUT2D eigenvalue weighted by molar-refractivity contribution is -0.147. The van der Waals surface area contributed by atoms with Crippen LogP contribution in [0, 0.1) is 6.92 Å². The molecule has 0 bridgehead atoms.